The topological polar surface area (TPSA) is 94.2 Å². The maximum absolute atomic E-state index is 12.5. The van der Waals surface area contributed by atoms with Crippen LogP contribution in [0.25, 0.3) is 0 Å². The van der Waals surface area contributed by atoms with Crippen molar-refractivity contribution >= 4 is 17.4 Å². The summed E-state index contributed by atoms with van der Waals surface area (Å²) in [7, 11) is 0. The van der Waals surface area contributed by atoms with Crippen molar-refractivity contribution < 1.29 is 14.1 Å². The molecule has 2 aliphatic rings. The van der Waals surface area contributed by atoms with Crippen molar-refractivity contribution in [2.24, 2.45) is 0 Å². The molecule has 0 saturated carbocycles. The molecule has 2 aromatic rings. The normalized spacial score (nSPS) is 23.1. The molecule has 2 fully saturated rings. The molecule has 1 atom stereocenters. The van der Waals surface area contributed by atoms with Crippen LogP contribution in [-0.2, 0) is 4.74 Å². The Morgan fingerprint density at radius 1 is 1.29 bits per heavy atom. The molecule has 0 aromatic carbocycles. The van der Waals surface area contributed by atoms with Gasteiger partial charge in [-0.25, -0.2) is 0 Å². The Morgan fingerprint density at radius 2 is 2.08 bits per heavy atom. The Hall–Kier alpha value is -1.87. The summed E-state index contributed by atoms with van der Waals surface area (Å²) >= 11 is 1.26. The van der Waals surface area contributed by atoms with Crippen LogP contribution in [0.3, 0.4) is 0 Å². The Kier molecular flexibility index (Phi) is 3.84. The lowest BCUT2D eigenvalue weighted by atomic mass is 9.88. The number of ether oxygens (including phenoxy) is 1. The molecule has 1 unspecified atom stereocenters. The minimum Gasteiger partial charge on any atom is -0.362 e. The van der Waals surface area contributed by atoms with E-state index < -0.39 is 0 Å². The third-order valence-electron chi connectivity index (χ3n) is 4.89. The highest BCUT2D eigenvalue weighted by molar-refractivity contribution is 7.05. The molecule has 1 amide bonds. The van der Waals surface area contributed by atoms with Crippen molar-refractivity contribution in [3.05, 3.63) is 22.3 Å². The maximum atomic E-state index is 12.5. The van der Waals surface area contributed by atoms with Gasteiger partial charge in [-0.15, -0.1) is 5.10 Å². The average Bonchev–Trinajstić information content (AvgIpc) is 3.28. The third-order valence-corrected chi connectivity index (χ3v) is 5.52. The van der Waals surface area contributed by atoms with Crippen LogP contribution in [0, 0.1) is 13.8 Å². The van der Waals surface area contributed by atoms with Crippen LogP contribution in [0.2, 0.25) is 0 Å². The summed E-state index contributed by atoms with van der Waals surface area (Å²) in [6.07, 6.45) is 3.35. The quantitative estimate of drug-likeness (QED) is 0.819. The molecule has 24 heavy (non-hydrogen) atoms. The molecular weight excluding hydrogens is 330 g/mol. The van der Waals surface area contributed by atoms with Gasteiger partial charge in [0.25, 0.3) is 11.8 Å². The van der Waals surface area contributed by atoms with E-state index in [0.717, 1.165) is 30.6 Å². The Bertz CT molecular complexity index is 750. The molecule has 9 heteroatoms. The number of piperidine rings is 1. The SMILES string of the molecule is Cc1noc(C2CCC3(CCN(C(=O)c4nnsc4C)CC3)O2)n1. The largest absolute Gasteiger partial charge is 0.362 e. The molecule has 4 heterocycles. The van der Waals surface area contributed by atoms with Crippen LogP contribution in [0.15, 0.2) is 4.52 Å². The lowest BCUT2D eigenvalue weighted by molar-refractivity contribution is -0.0821. The number of aromatic nitrogens is 4. The van der Waals surface area contributed by atoms with E-state index in [4.69, 9.17) is 9.26 Å². The van der Waals surface area contributed by atoms with Gasteiger partial charge in [-0.05, 0) is 51.1 Å². The van der Waals surface area contributed by atoms with Crippen LogP contribution in [-0.4, -0.2) is 49.2 Å². The zero-order valence-corrected chi connectivity index (χ0v) is 14.5. The first-order valence-corrected chi connectivity index (χ1v) is 8.90. The zero-order valence-electron chi connectivity index (χ0n) is 13.7. The number of hydrogen-bond donors (Lipinski definition) is 0. The van der Waals surface area contributed by atoms with Gasteiger partial charge in [-0.1, -0.05) is 9.64 Å². The first-order chi connectivity index (χ1) is 11.6. The number of aryl methyl sites for hydroxylation is 2. The highest BCUT2D eigenvalue weighted by atomic mass is 32.1. The van der Waals surface area contributed by atoms with Gasteiger partial charge in [0.05, 0.1) is 10.5 Å². The number of hydrogen-bond acceptors (Lipinski definition) is 8. The number of rotatable bonds is 2. The molecule has 128 valence electrons. The van der Waals surface area contributed by atoms with Gasteiger partial charge >= 0.3 is 0 Å². The summed E-state index contributed by atoms with van der Waals surface area (Å²) < 4.78 is 15.4. The minimum atomic E-state index is -0.181. The van der Waals surface area contributed by atoms with E-state index in [2.05, 4.69) is 19.7 Å². The monoisotopic (exact) mass is 349 g/mol. The van der Waals surface area contributed by atoms with Gasteiger partial charge in [0.15, 0.2) is 11.5 Å². The molecule has 0 N–H and O–H groups in total. The molecule has 4 rings (SSSR count). The number of carbonyl (C=O) groups excluding carboxylic acids is 1. The summed E-state index contributed by atoms with van der Waals surface area (Å²) in [4.78, 5) is 19.5. The Labute approximate surface area is 143 Å². The third kappa shape index (κ3) is 2.71. The van der Waals surface area contributed by atoms with E-state index >= 15 is 0 Å². The fourth-order valence-electron chi connectivity index (χ4n) is 3.50. The highest BCUT2D eigenvalue weighted by Gasteiger charge is 2.45. The van der Waals surface area contributed by atoms with Gasteiger partial charge in [-0.3, -0.25) is 4.79 Å². The molecule has 8 nitrogen and oxygen atoms in total. The van der Waals surface area contributed by atoms with E-state index in [1.54, 1.807) is 6.92 Å². The number of carbonyl (C=O) groups is 1. The summed E-state index contributed by atoms with van der Waals surface area (Å²) in [5.41, 5.74) is 0.293. The smallest absolute Gasteiger partial charge is 0.275 e. The fraction of sp³-hybridized carbons (Fsp3) is 0.667. The number of nitrogens with zero attached hydrogens (tertiary/aromatic N) is 5. The van der Waals surface area contributed by atoms with Crippen molar-refractivity contribution in [3.63, 3.8) is 0 Å². The zero-order chi connectivity index (χ0) is 16.7. The van der Waals surface area contributed by atoms with Gasteiger partial charge in [0, 0.05) is 13.1 Å². The van der Waals surface area contributed by atoms with E-state index in [0.29, 0.717) is 30.5 Å². The summed E-state index contributed by atoms with van der Waals surface area (Å²) in [6, 6.07) is 0. The summed E-state index contributed by atoms with van der Waals surface area (Å²) in [5, 5.41) is 7.79. The van der Waals surface area contributed by atoms with E-state index in [9.17, 15) is 4.79 Å². The highest BCUT2D eigenvalue weighted by Crippen LogP contribution is 2.44. The molecule has 0 radical (unpaired) electrons. The second-order valence-corrected chi connectivity index (χ2v) is 7.44. The van der Waals surface area contributed by atoms with Crippen molar-refractivity contribution in [2.75, 3.05) is 13.1 Å². The fourth-order valence-corrected chi connectivity index (χ4v) is 3.96. The second kappa shape index (κ2) is 5.89. The first-order valence-electron chi connectivity index (χ1n) is 8.13. The maximum Gasteiger partial charge on any atom is 0.275 e. The van der Waals surface area contributed by atoms with Gasteiger partial charge in [-0.2, -0.15) is 4.98 Å². The average molecular weight is 349 g/mol. The van der Waals surface area contributed by atoms with Crippen molar-refractivity contribution in [3.8, 4) is 0 Å². The molecule has 1 spiro atoms. The van der Waals surface area contributed by atoms with Crippen LogP contribution in [0.1, 0.15) is 58.9 Å². The molecule has 2 aromatic heterocycles. The standard InChI is InChI=1S/C15H19N5O3S/c1-9-12(17-19-24-9)14(21)20-7-5-15(6-8-20)4-3-11(22-15)13-16-10(2)18-23-13/h11H,3-8H2,1-2H3. The van der Waals surface area contributed by atoms with Gasteiger partial charge in [0.2, 0.25) is 0 Å². The molecule has 0 bridgehead atoms. The second-order valence-electron chi connectivity index (χ2n) is 6.48. The molecule has 0 aliphatic carbocycles. The summed E-state index contributed by atoms with van der Waals surface area (Å²) in [6.45, 7) is 5.02. The van der Waals surface area contributed by atoms with Crippen LogP contribution in [0.5, 0.6) is 0 Å². The van der Waals surface area contributed by atoms with E-state index in [-0.39, 0.29) is 17.6 Å². The van der Waals surface area contributed by atoms with Crippen molar-refractivity contribution in [1.29, 1.82) is 0 Å². The van der Waals surface area contributed by atoms with Crippen LogP contribution in [0.4, 0.5) is 0 Å². The van der Waals surface area contributed by atoms with Crippen molar-refractivity contribution in [2.45, 2.75) is 51.2 Å². The lowest BCUT2D eigenvalue weighted by Gasteiger charge is -2.38. The predicted octanol–water partition coefficient (Wildman–Crippen LogP) is 2.06. The van der Waals surface area contributed by atoms with Crippen molar-refractivity contribution in [1.82, 2.24) is 24.6 Å². The molecular formula is C15H19N5O3S. The van der Waals surface area contributed by atoms with Crippen LogP contribution < -0.4 is 0 Å². The van der Waals surface area contributed by atoms with Gasteiger partial charge < -0.3 is 14.2 Å². The van der Waals surface area contributed by atoms with E-state index in [1.807, 2.05) is 11.8 Å². The Morgan fingerprint density at radius 3 is 2.71 bits per heavy atom. The Balaban J connectivity index is 1.39. The number of likely N-dealkylation sites (tertiary alicyclic amines) is 1. The molecule has 2 saturated heterocycles. The first kappa shape index (κ1) is 15.6. The summed E-state index contributed by atoms with van der Waals surface area (Å²) in [5.74, 6) is 1.16. The predicted molar refractivity (Wildman–Crippen MR) is 84.6 cm³/mol. The van der Waals surface area contributed by atoms with Crippen LogP contribution >= 0.6 is 11.5 Å². The van der Waals surface area contributed by atoms with E-state index in [1.165, 1.54) is 11.5 Å². The van der Waals surface area contributed by atoms with Gasteiger partial charge in [0.1, 0.15) is 6.10 Å². The number of amides is 1. The minimum absolute atomic E-state index is 0.0295. The lowest BCUT2D eigenvalue weighted by Crippen LogP contribution is -2.46. The molecule has 2 aliphatic heterocycles.